The van der Waals surface area contributed by atoms with Crippen molar-refractivity contribution in [3.05, 3.63) is 0 Å². The lowest BCUT2D eigenvalue weighted by Gasteiger charge is -2.29. The number of aliphatic hydroxyl groups is 1. The lowest BCUT2D eigenvalue weighted by molar-refractivity contribution is -0.259. The van der Waals surface area contributed by atoms with Crippen molar-refractivity contribution >= 4 is 5.97 Å². The van der Waals surface area contributed by atoms with Crippen LogP contribution >= 0.6 is 0 Å². The lowest BCUT2D eigenvalue weighted by Crippen LogP contribution is -2.53. The molecular weight excluding hydrogens is 227 g/mol. The summed E-state index contributed by atoms with van der Waals surface area (Å²) in [6.07, 6.45) is -6.16. The van der Waals surface area contributed by atoms with Crippen LogP contribution in [0.4, 0.5) is 13.2 Å². The average molecular weight is 243 g/mol. The predicted octanol–water partition coefficient (Wildman–Crippen LogP) is 0.970. The Hall–Kier alpha value is -0.820. The Kier molecular flexibility index (Phi) is 4.35. The maximum Gasteiger partial charge on any atom is 0.419 e. The van der Waals surface area contributed by atoms with E-state index in [4.69, 9.17) is 5.73 Å². The first-order valence-corrected chi connectivity index (χ1v) is 4.62. The highest BCUT2D eigenvalue weighted by atomic mass is 19.4. The summed E-state index contributed by atoms with van der Waals surface area (Å²) in [5.41, 5.74) is 0.696. The van der Waals surface area contributed by atoms with Crippen molar-refractivity contribution in [2.24, 2.45) is 5.73 Å². The molecule has 0 saturated heterocycles. The standard InChI is InChI=1S/C9H16F3NO3/c1-7(2,3)16-6(14)4-8(15,5-13)9(10,11)12/h15H,4-5,13H2,1-3H3. The van der Waals surface area contributed by atoms with E-state index in [2.05, 4.69) is 4.74 Å². The Morgan fingerprint density at radius 2 is 1.75 bits per heavy atom. The molecule has 0 fully saturated rings. The molecule has 0 aromatic rings. The molecule has 4 nitrogen and oxygen atoms in total. The Morgan fingerprint density at radius 1 is 1.31 bits per heavy atom. The second kappa shape index (κ2) is 4.58. The van der Waals surface area contributed by atoms with Gasteiger partial charge in [0.15, 0.2) is 5.60 Å². The van der Waals surface area contributed by atoms with Gasteiger partial charge in [-0.25, -0.2) is 0 Å². The summed E-state index contributed by atoms with van der Waals surface area (Å²) >= 11 is 0. The number of carbonyl (C=O) groups is 1. The van der Waals surface area contributed by atoms with Gasteiger partial charge >= 0.3 is 12.1 Å². The molecule has 0 bridgehead atoms. The van der Waals surface area contributed by atoms with Crippen molar-refractivity contribution in [3.63, 3.8) is 0 Å². The number of hydrogen-bond acceptors (Lipinski definition) is 4. The van der Waals surface area contributed by atoms with Gasteiger partial charge in [0.25, 0.3) is 0 Å². The van der Waals surface area contributed by atoms with Gasteiger partial charge in [-0.2, -0.15) is 13.2 Å². The Balaban J connectivity index is 4.63. The SMILES string of the molecule is CC(C)(C)OC(=O)CC(O)(CN)C(F)(F)F. The number of carbonyl (C=O) groups excluding carboxylic acids is 1. The first-order chi connectivity index (χ1) is 6.91. The van der Waals surface area contributed by atoms with E-state index < -0.39 is 36.3 Å². The number of nitrogens with two attached hydrogens (primary N) is 1. The smallest absolute Gasteiger partial charge is 0.419 e. The second-order valence-electron chi connectivity index (χ2n) is 4.50. The third kappa shape index (κ3) is 4.36. The number of hydrogen-bond donors (Lipinski definition) is 2. The van der Waals surface area contributed by atoms with Crippen molar-refractivity contribution in [3.8, 4) is 0 Å². The molecule has 0 radical (unpaired) electrons. The molecular formula is C9H16F3NO3. The Bertz CT molecular complexity index is 260. The maximum absolute atomic E-state index is 12.4. The summed E-state index contributed by atoms with van der Waals surface area (Å²) in [6, 6.07) is 0. The molecule has 3 N–H and O–H groups in total. The van der Waals surface area contributed by atoms with E-state index in [1.807, 2.05) is 0 Å². The molecule has 96 valence electrons. The highest BCUT2D eigenvalue weighted by Crippen LogP contribution is 2.32. The minimum Gasteiger partial charge on any atom is -0.460 e. The van der Waals surface area contributed by atoms with Gasteiger partial charge in [0.1, 0.15) is 5.60 Å². The van der Waals surface area contributed by atoms with Crippen LogP contribution in [0, 0.1) is 0 Å². The molecule has 0 aliphatic heterocycles. The van der Waals surface area contributed by atoms with Crippen LogP contribution in [0.5, 0.6) is 0 Å². The maximum atomic E-state index is 12.4. The number of ether oxygens (including phenoxy) is 1. The van der Waals surface area contributed by atoms with E-state index in [1.165, 1.54) is 20.8 Å². The average Bonchev–Trinajstić information content (AvgIpc) is 1.97. The van der Waals surface area contributed by atoms with Gasteiger partial charge in [-0.15, -0.1) is 0 Å². The van der Waals surface area contributed by atoms with Crippen LogP contribution in [0.1, 0.15) is 27.2 Å². The van der Waals surface area contributed by atoms with Gasteiger partial charge in [-0.05, 0) is 20.8 Å². The highest BCUT2D eigenvalue weighted by molar-refractivity contribution is 5.71. The topological polar surface area (TPSA) is 72.5 Å². The van der Waals surface area contributed by atoms with Crippen molar-refractivity contribution < 1.29 is 27.8 Å². The third-order valence-corrected chi connectivity index (χ3v) is 1.72. The summed E-state index contributed by atoms with van der Waals surface area (Å²) in [4.78, 5) is 11.1. The first-order valence-electron chi connectivity index (χ1n) is 4.62. The summed E-state index contributed by atoms with van der Waals surface area (Å²) in [6.45, 7) is 3.45. The number of alkyl halides is 3. The summed E-state index contributed by atoms with van der Waals surface area (Å²) < 4.78 is 41.8. The summed E-state index contributed by atoms with van der Waals surface area (Å²) in [7, 11) is 0. The van der Waals surface area contributed by atoms with Crippen molar-refractivity contribution in [1.29, 1.82) is 0 Å². The molecule has 0 spiro atoms. The summed E-state index contributed by atoms with van der Waals surface area (Å²) in [5, 5.41) is 9.17. The quantitative estimate of drug-likeness (QED) is 0.724. The molecule has 0 aliphatic carbocycles. The molecule has 0 saturated carbocycles. The zero-order chi connectivity index (χ0) is 13.2. The van der Waals surface area contributed by atoms with Crippen LogP contribution in [-0.2, 0) is 9.53 Å². The Labute approximate surface area is 91.6 Å². The minimum absolute atomic E-state index is 0.905. The molecule has 1 unspecified atom stereocenters. The van der Waals surface area contributed by atoms with E-state index in [0.29, 0.717) is 0 Å². The van der Waals surface area contributed by atoms with Gasteiger partial charge in [-0.1, -0.05) is 0 Å². The normalized spacial score (nSPS) is 16.8. The van der Waals surface area contributed by atoms with E-state index >= 15 is 0 Å². The second-order valence-corrected chi connectivity index (χ2v) is 4.50. The fourth-order valence-electron chi connectivity index (χ4n) is 0.904. The lowest BCUT2D eigenvalue weighted by atomic mass is 9.99. The van der Waals surface area contributed by atoms with E-state index in [-0.39, 0.29) is 0 Å². The van der Waals surface area contributed by atoms with Crippen molar-refractivity contribution in [2.75, 3.05) is 6.54 Å². The molecule has 16 heavy (non-hydrogen) atoms. The van der Waals surface area contributed by atoms with Crippen molar-refractivity contribution in [2.45, 2.75) is 44.6 Å². The minimum atomic E-state index is -4.96. The monoisotopic (exact) mass is 243 g/mol. The first kappa shape index (κ1) is 15.2. The van der Waals surface area contributed by atoms with Crippen LogP contribution in [-0.4, -0.2) is 35.0 Å². The van der Waals surface area contributed by atoms with Crippen LogP contribution in [0.15, 0.2) is 0 Å². The fraction of sp³-hybridized carbons (Fsp3) is 0.889. The number of esters is 1. The third-order valence-electron chi connectivity index (χ3n) is 1.72. The van der Waals surface area contributed by atoms with Gasteiger partial charge in [-0.3, -0.25) is 4.79 Å². The molecule has 0 aromatic heterocycles. The van der Waals surface area contributed by atoms with E-state index in [1.54, 1.807) is 0 Å². The van der Waals surface area contributed by atoms with E-state index in [9.17, 15) is 23.1 Å². The molecule has 1 atom stereocenters. The largest absolute Gasteiger partial charge is 0.460 e. The zero-order valence-corrected chi connectivity index (χ0v) is 9.39. The van der Waals surface area contributed by atoms with E-state index in [0.717, 1.165) is 0 Å². The van der Waals surface area contributed by atoms with Crippen LogP contribution in [0.25, 0.3) is 0 Å². The molecule has 0 aromatic carbocycles. The molecule has 0 aliphatic rings. The van der Waals surface area contributed by atoms with Crippen LogP contribution in [0.3, 0.4) is 0 Å². The predicted molar refractivity (Wildman–Crippen MR) is 50.5 cm³/mol. The Morgan fingerprint density at radius 3 is 2.00 bits per heavy atom. The number of rotatable bonds is 3. The highest BCUT2D eigenvalue weighted by Gasteiger charge is 2.54. The fourth-order valence-corrected chi connectivity index (χ4v) is 0.904. The number of halogens is 3. The molecule has 0 heterocycles. The van der Waals surface area contributed by atoms with Gasteiger partial charge in [0.2, 0.25) is 0 Å². The van der Waals surface area contributed by atoms with Crippen molar-refractivity contribution in [1.82, 2.24) is 0 Å². The zero-order valence-electron chi connectivity index (χ0n) is 9.39. The summed E-state index contributed by atoms with van der Waals surface area (Å²) in [5.74, 6) is -1.14. The molecule has 7 heteroatoms. The van der Waals surface area contributed by atoms with Crippen LogP contribution < -0.4 is 5.73 Å². The van der Waals surface area contributed by atoms with Gasteiger partial charge in [0, 0.05) is 6.54 Å². The van der Waals surface area contributed by atoms with Gasteiger partial charge < -0.3 is 15.6 Å². The van der Waals surface area contributed by atoms with Gasteiger partial charge in [0.05, 0.1) is 6.42 Å². The molecule has 0 rings (SSSR count). The van der Waals surface area contributed by atoms with Crippen LogP contribution in [0.2, 0.25) is 0 Å². The molecule has 0 amide bonds.